The fraction of sp³-hybridized carbons (Fsp3) is 0.500. The van der Waals surface area contributed by atoms with Crippen LogP contribution in [-0.2, 0) is 16.8 Å². The molecule has 0 saturated heterocycles. The van der Waals surface area contributed by atoms with Crippen LogP contribution in [0.4, 0.5) is 0 Å². The largest absolute Gasteiger partial charge is 0.508 e. The molecule has 4 heteroatoms. The van der Waals surface area contributed by atoms with Crippen LogP contribution in [0.15, 0.2) is 6.07 Å². The average Bonchev–Trinajstić information content (AvgIpc) is 2.11. The Morgan fingerprint density at radius 3 is 2.75 bits per heavy atom. The van der Waals surface area contributed by atoms with Crippen LogP contribution in [-0.4, -0.2) is 16.5 Å². The lowest BCUT2D eigenvalue weighted by Gasteiger charge is -2.37. The van der Waals surface area contributed by atoms with Gasteiger partial charge in [0.2, 0.25) is 0 Å². The summed E-state index contributed by atoms with van der Waals surface area (Å²) in [6.07, 6.45) is -0.628. The van der Waals surface area contributed by atoms with Gasteiger partial charge >= 0.3 is 0 Å². The highest BCUT2D eigenvalue weighted by Gasteiger charge is 2.37. The Bertz CT molecular complexity index is 440. The third-order valence-electron chi connectivity index (χ3n) is 2.94. The second kappa shape index (κ2) is 3.62. The molecule has 1 aliphatic heterocycles. The number of rotatable bonds is 0. The minimum Gasteiger partial charge on any atom is -0.508 e. The van der Waals surface area contributed by atoms with Gasteiger partial charge in [0.15, 0.2) is 6.29 Å². The summed E-state index contributed by atoms with van der Waals surface area (Å²) in [7, 11) is 0. The van der Waals surface area contributed by atoms with E-state index in [4.69, 9.17) is 16.3 Å². The van der Waals surface area contributed by atoms with Crippen molar-refractivity contribution < 1.29 is 14.9 Å². The first-order valence-corrected chi connectivity index (χ1v) is 5.58. The number of fused-ring (bicyclic) bond motifs is 1. The predicted molar refractivity (Wildman–Crippen MR) is 61.7 cm³/mol. The van der Waals surface area contributed by atoms with Gasteiger partial charge in [-0.3, -0.25) is 0 Å². The van der Waals surface area contributed by atoms with E-state index in [0.717, 1.165) is 11.1 Å². The molecule has 0 aromatic heterocycles. The SMILES string of the molecule is Cc1cc(O)c2c(c1Cl)C(C)(C)O[C@H](O)C2. The summed E-state index contributed by atoms with van der Waals surface area (Å²) in [5.41, 5.74) is 1.58. The molecule has 0 saturated carbocycles. The minimum atomic E-state index is -0.896. The lowest BCUT2D eigenvalue weighted by Crippen LogP contribution is -2.36. The highest BCUT2D eigenvalue weighted by molar-refractivity contribution is 6.32. The normalized spacial score (nSPS) is 22.9. The number of phenols is 1. The van der Waals surface area contributed by atoms with Gasteiger partial charge in [-0.05, 0) is 32.4 Å². The van der Waals surface area contributed by atoms with Gasteiger partial charge in [0, 0.05) is 17.5 Å². The molecule has 2 rings (SSSR count). The molecular weight excluding hydrogens is 228 g/mol. The van der Waals surface area contributed by atoms with Gasteiger partial charge in [0.1, 0.15) is 5.75 Å². The van der Waals surface area contributed by atoms with E-state index in [0.29, 0.717) is 10.6 Å². The van der Waals surface area contributed by atoms with Gasteiger partial charge in [-0.25, -0.2) is 0 Å². The van der Waals surface area contributed by atoms with Gasteiger partial charge in [-0.2, -0.15) is 0 Å². The predicted octanol–water partition coefficient (Wildman–Crippen LogP) is 2.48. The first-order valence-electron chi connectivity index (χ1n) is 5.20. The average molecular weight is 243 g/mol. The van der Waals surface area contributed by atoms with E-state index in [1.165, 1.54) is 0 Å². The van der Waals surface area contributed by atoms with Crippen molar-refractivity contribution in [3.8, 4) is 5.75 Å². The van der Waals surface area contributed by atoms with Crippen molar-refractivity contribution in [3.63, 3.8) is 0 Å². The lowest BCUT2D eigenvalue weighted by atomic mass is 9.86. The van der Waals surface area contributed by atoms with E-state index >= 15 is 0 Å². The number of hydrogen-bond donors (Lipinski definition) is 2. The van der Waals surface area contributed by atoms with Crippen molar-refractivity contribution in [3.05, 3.63) is 27.8 Å². The van der Waals surface area contributed by atoms with Gasteiger partial charge in [-0.1, -0.05) is 11.6 Å². The Morgan fingerprint density at radius 2 is 2.12 bits per heavy atom. The maximum atomic E-state index is 9.89. The quantitative estimate of drug-likeness (QED) is 0.735. The Hall–Kier alpha value is -0.770. The van der Waals surface area contributed by atoms with Crippen LogP contribution < -0.4 is 0 Å². The highest BCUT2D eigenvalue weighted by atomic mass is 35.5. The molecule has 0 unspecified atom stereocenters. The van der Waals surface area contributed by atoms with Crippen LogP contribution >= 0.6 is 11.6 Å². The first-order chi connectivity index (χ1) is 7.33. The molecule has 3 nitrogen and oxygen atoms in total. The van der Waals surface area contributed by atoms with E-state index < -0.39 is 11.9 Å². The molecule has 0 radical (unpaired) electrons. The number of phenolic OH excluding ortho intramolecular Hbond substituents is 1. The second-order valence-electron chi connectivity index (χ2n) is 4.67. The third-order valence-corrected chi connectivity index (χ3v) is 3.43. The Morgan fingerprint density at radius 1 is 1.50 bits per heavy atom. The van der Waals surface area contributed by atoms with Gasteiger partial charge in [0.05, 0.1) is 10.6 Å². The summed E-state index contributed by atoms with van der Waals surface area (Å²) < 4.78 is 5.45. The standard InChI is InChI=1S/C12H15ClO3/c1-6-4-8(14)7-5-9(15)16-12(2,3)10(7)11(6)13/h4,9,14-15H,5H2,1-3H3/t9-/m0/s1. The summed E-state index contributed by atoms with van der Waals surface area (Å²) in [6, 6.07) is 1.62. The van der Waals surface area contributed by atoms with E-state index in [9.17, 15) is 10.2 Å². The third kappa shape index (κ3) is 1.69. The summed E-state index contributed by atoms with van der Waals surface area (Å²) >= 11 is 6.24. The molecule has 88 valence electrons. The highest BCUT2D eigenvalue weighted by Crippen LogP contribution is 2.44. The molecule has 0 fully saturated rings. The Kier molecular flexibility index (Phi) is 2.65. The number of aliphatic hydroxyl groups excluding tert-OH is 1. The zero-order valence-electron chi connectivity index (χ0n) is 9.54. The van der Waals surface area contributed by atoms with E-state index in [2.05, 4.69) is 0 Å². The Balaban J connectivity index is 2.72. The number of hydrogen-bond acceptors (Lipinski definition) is 3. The van der Waals surface area contributed by atoms with Crippen LogP contribution in [0.25, 0.3) is 0 Å². The molecule has 1 aromatic rings. The summed E-state index contributed by atoms with van der Waals surface area (Å²) in [4.78, 5) is 0. The Labute approximate surface area is 99.6 Å². The van der Waals surface area contributed by atoms with Crippen molar-refractivity contribution in [2.24, 2.45) is 0 Å². The van der Waals surface area contributed by atoms with Crippen LogP contribution in [0.5, 0.6) is 5.75 Å². The van der Waals surface area contributed by atoms with Crippen LogP contribution in [0.3, 0.4) is 0 Å². The summed E-state index contributed by atoms with van der Waals surface area (Å²) in [6.45, 7) is 5.50. The molecule has 0 spiro atoms. The fourth-order valence-corrected chi connectivity index (χ4v) is 2.66. The molecule has 1 aliphatic rings. The van der Waals surface area contributed by atoms with Crippen LogP contribution in [0.1, 0.15) is 30.5 Å². The molecule has 0 aliphatic carbocycles. The minimum absolute atomic E-state index is 0.173. The van der Waals surface area contributed by atoms with Crippen molar-refractivity contribution in [2.45, 2.75) is 39.1 Å². The molecule has 1 heterocycles. The monoisotopic (exact) mass is 242 g/mol. The molecule has 1 aromatic carbocycles. The van der Waals surface area contributed by atoms with Crippen molar-refractivity contribution in [1.82, 2.24) is 0 Å². The first kappa shape index (κ1) is 11.7. The van der Waals surface area contributed by atoms with Crippen molar-refractivity contribution >= 4 is 11.6 Å². The molecule has 0 bridgehead atoms. The van der Waals surface area contributed by atoms with Crippen LogP contribution in [0.2, 0.25) is 5.02 Å². The molecule has 2 N–H and O–H groups in total. The number of ether oxygens (including phenoxy) is 1. The van der Waals surface area contributed by atoms with E-state index in [1.807, 2.05) is 20.8 Å². The zero-order chi connectivity index (χ0) is 12.1. The smallest absolute Gasteiger partial charge is 0.159 e. The summed E-state index contributed by atoms with van der Waals surface area (Å²) in [5.74, 6) is 0.173. The topological polar surface area (TPSA) is 49.7 Å². The van der Waals surface area contributed by atoms with Crippen molar-refractivity contribution in [2.75, 3.05) is 0 Å². The van der Waals surface area contributed by atoms with Crippen molar-refractivity contribution in [1.29, 1.82) is 0 Å². The van der Waals surface area contributed by atoms with Gasteiger partial charge in [0.25, 0.3) is 0 Å². The van der Waals surface area contributed by atoms with Gasteiger partial charge < -0.3 is 14.9 Å². The van der Waals surface area contributed by atoms with E-state index in [-0.39, 0.29) is 12.2 Å². The number of aromatic hydroxyl groups is 1. The second-order valence-corrected chi connectivity index (χ2v) is 5.05. The zero-order valence-corrected chi connectivity index (χ0v) is 10.3. The number of benzene rings is 1. The molecular formula is C12H15ClO3. The van der Waals surface area contributed by atoms with E-state index in [1.54, 1.807) is 6.07 Å². The maximum Gasteiger partial charge on any atom is 0.159 e. The fourth-order valence-electron chi connectivity index (χ4n) is 2.26. The lowest BCUT2D eigenvalue weighted by molar-refractivity contribution is -0.185. The number of halogens is 1. The number of aliphatic hydroxyl groups is 1. The maximum absolute atomic E-state index is 9.89. The number of aryl methyl sites for hydroxylation is 1. The molecule has 1 atom stereocenters. The molecule has 16 heavy (non-hydrogen) atoms. The van der Waals surface area contributed by atoms with Gasteiger partial charge in [-0.15, -0.1) is 0 Å². The van der Waals surface area contributed by atoms with Crippen LogP contribution in [0, 0.1) is 6.92 Å². The molecule has 0 amide bonds. The summed E-state index contributed by atoms with van der Waals surface area (Å²) in [5, 5.41) is 20.1.